The first-order valence-corrected chi connectivity index (χ1v) is 9.75. The van der Waals surface area contributed by atoms with Gasteiger partial charge in [-0.1, -0.05) is 18.2 Å². The molecule has 2 aromatic rings. The SMILES string of the molecule is COc1cc(OC)c(C2NC(=S)NC(C)=C2C(=O)Nc2ccccc2C)cc1OC. The molecule has 0 aliphatic carbocycles. The predicted molar refractivity (Wildman–Crippen MR) is 120 cm³/mol. The average molecular weight is 428 g/mol. The summed E-state index contributed by atoms with van der Waals surface area (Å²) in [7, 11) is 4.68. The summed E-state index contributed by atoms with van der Waals surface area (Å²) in [6, 6.07) is 10.6. The van der Waals surface area contributed by atoms with Crippen LogP contribution in [-0.4, -0.2) is 32.3 Å². The van der Waals surface area contributed by atoms with Crippen LogP contribution in [0.3, 0.4) is 0 Å². The van der Waals surface area contributed by atoms with Gasteiger partial charge in [0.1, 0.15) is 5.75 Å². The van der Waals surface area contributed by atoms with E-state index in [2.05, 4.69) is 16.0 Å². The molecule has 1 aliphatic heterocycles. The lowest BCUT2D eigenvalue weighted by molar-refractivity contribution is -0.113. The number of carbonyl (C=O) groups excluding carboxylic acids is 1. The molecular formula is C22H25N3O4S. The Morgan fingerprint density at radius 3 is 2.27 bits per heavy atom. The lowest BCUT2D eigenvalue weighted by Gasteiger charge is -2.31. The minimum Gasteiger partial charge on any atom is -0.496 e. The van der Waals surface area contributed by atoms with Crippen LogP contribution in [0, 0.1) is 6.92 Å². The zero-order valence-electron chi connectivity index (χ0n) is 17.6. The fourth-order valence-corrected chi connectivity index (χ4v) is 3.68. The van der Waals surface area contributed by atoms with Crippen molar-refractivity contribution in [3.05, 3.63) is 58.8 Å². The third kappa shape index (κ3) is 4.18. The van der Waals surface area contributed by atoms with E-state index >= 15 is 0 Å². The highest BCUT2D eigenvalue weighted by Crippen LogP contribution is 2.40. The van der Waals surface area contributed by atoms with Gasteiger partial charge in [-0.15, -0.1) is 0 Å². The van der Waals surface area contributed by atoms with Crippen molar-refractivity contribution >= 4 is 28.9 Å². The van der Waals surface area contributed by atoms with E-state index in [0.717, 1.165) is 11.3 Å². The highest BCUT2D eigenvalue weighted by molar-refractivity contribution is 7.80. The van der Waals surface area contributed by atoms with Crippen molar-refractivity contribution in [3.8, 4) is 17.2 Å². The number of rotatable bonds is 6. The maximum Gasteiger partial charge on any atom is 0.255 e. The summed E-state index contributed by atoms with van der Waals surface area (Å²) in [5, 5.41) is 9.64. The fourth-order valence-electron chi connectivity index (χ4n) is 3.41. The van der Waals surface area contributed by atoms with Gasteiger partial charge in [0, 0.05) is 23.0 Å². The first-order chi connectivity index (χ1) is 14.4. The fraction of sp³-hybridized carbons (Fsp3) is 0.273. The first-order valence-electron chi connectivity index (χ1n) is 9.34. The molecule has 0 bridgehead atoms. The molecule has 1 unspecified atom stereocenters. The number of hydrogen-bond donors (Lipinski definition) is 3. The van der Waals surface area contributed by atoms with Crippen LogP contribution in [0.4, 0.5) is 5.69 Å². The van der Waals surface area contributed by atoms with Gasteiger partial charge >= 0.3 is 0 Å². The second-order valence-electron chi connectivity index (χ2n) is 6.79. The Labute approximate surface area is 181 Å². The molecule has 3 N–H and O–H groups in total. The Balaban J connectivity index is 2.08. The molecule has 0 spiro atoms. The van der Waals surface area contributed by atoms with Crippen molar-refractivity contribution in [1.29, 1.82) is 0 Å². The van der Waals surface area contributed by atoms with E-state index in [1.165, 1.54) is 0 Å². The number of carbonyl (C=O) groups is 1. The van der Waals surface area contributed by atoms with E-state index in [0.29, 0.717) is 39.2 Å². The number of allylic oxidation sites excluding steroid dienone is 1. The van der Waals surface area contributed by atoms with Gasteiger partial charge in [0.15, 0.2) is 16.6 Å². The van der Waals surface area contributed by atoms with Crippen LogP contribution in [0.15, 0.2) is 47.7 Å². The van der Waals surface area contributed by atoms with Gasteiger partial charge in [-0.25, -0.2) is 0 Å². The molecule has 2 aromatic carbocycles. The van der Waals surface area contributed by atoms with Gasteiger partial charge in [-0.3, -0.25) is 4.79 Å². The lowest BCUT2D eigenvalue weighted by Crippen LogP contribution is -2.45. The molecular weight excluding hydrogens is 402 g/mol. The largest absolute Gasteiger partial charge is 0.496 e. The summed E-state index contributed by atoms with van der Waals surface area (Å²) in [5.41, 5.74) is 3.57. The second-order valence-corrected chi connectivity index (χ2v) is 7.20. The topological polar surface area (TPSA) is 80.9 Å². The van der Waals surface area contributed by atoms with Crippen LogP contribution in [0.2, 0.25) is 0 Å². The summed E-state index contributed by atoms with van der Waals surface area (Å²) in [5.74, 6) is 1.35. The summed E-state index contributed by atoms with van der Waals surface area (Å²) in [4.78, 5) is 13.3. The highest BCUT2D eigenvalue weighted by Gasteiger charge is 2.33. The molecule has 1 atom stereocenters. The summed E-state index contributed by atoms with van der Waals surface area (Å²) in [6.45, 7) is 3.76. The van der Waals surface area contributed by atoms with Gasteiger partial charge in [-0.05, 0) is 43.8 Å². The molecule has 0 aromatic heterocycles. The van der Waals surface area contributed by atoms with Crippen molar-refractivity contribution in [2.75, 3.05) is 26.6 Å². The number of ether oxygens (including phenoxy) is 3. The van der Waals surface area contributed by atoms with E-state index in [9.17, 15) is 4.79 Å². The van der Waals surface area contributed by atoms with Crippen LogP contribution in [0.1, 0.15) is 24.1 Å². The third-order valence-electron chi connectivity index (χ3n) is 4.95. The lowest BCUT2D eigenvalue weighted by atomic mass is 9.93. The van der Waals surface area contributed by atoms with E-state index in [1.54, 1.807) is 33.5 Å². The smallest absolute Gasteiger partial charge is 0.255 e. The van der Waals surface area contributed by atoms with Crippen molar-refractivity contribution in [2.24, 2.45) is 0 Å². The molecule has 0 fully saturated rings. The number of aryl methyl sites for hydroxylation is 1. The Morgan fingerprint density at radius 2 is 1.63 bits per heavy atom. The van der Waals surface area contributed by atoms with Crippen LogP contribution in [-0.2, 0) is 4.79 Å². The number of nitrogens with one attached hydrogen (secondary N) is 3. The van der Waals surface area contributed by atoms with Crippen molar-refractivity contribution in [3.63, 3.8) is 0 Å². The van der Waals surface area contributed by atoms with Gasteiger partial charge in [0.25, 0.3) is 5.91 Å². The van der Waals surface area contributed by atoms with Gasteiger partial charge < -0.3 is 30.2 Å². The number of amides is 1. The highest BCUT2D eigenvalue weighted by atomic mass is 32.1. The molecule has 30 heavy (non-hydrogen) atoms. The van der Waals surface area contributed by atoms with Crippen molar-refractivity contribution in [1.82, 2.24) is 10.6 Å². The summed E-state index contributed by atoms with van der Waals surface area (Å²) < 4.78 is 16.4. The predicted octanol–water partition coefficient (Wildman–Crippen LogP) is 3.45. The Morgan fingerprint density at radius 1 is 1.00 bits per heavy atom. The second kappa shape index (κ2) is 9.04. The number of methoxy groups -OCH3 is 3. The molecule has 0 saturated heterocycles. The standard InChI is InChI=1S/C22H25N3O4S/c1-12-8-6-7-9-15(12)24-21(26)19-13(2)23-22(30)25-20(19)14-10-17(28-4)18(29-5)11-16(14)27-3/h6-11,20H,1-5H3,(H,24,26)(H2,23,25,30). The maximum atomic E-state index is 13.3. The minimum atomic E-state index is -0.544. The molecule has 158 valence electrons. The molecule has 3 rings (SSSR count). The summed E-state index contributed by atoms with van der Waals surface area (Å²) >= 11 is 5.35. The van der Waals surface area contributed by atoms with Crippen molar-refractivity contribution in [2.45, 2.75) is 19.9 Å². The Kier molecular flexibility index (Phi) is 6.47. The van der Waals surface area contributed by atoms with E-state index < -0.39 is 6.04 Å². The molecule has 1 heterocycles. The van der Waals surface area contributed by atoms with Crippen LogP contribution in [0.25, 0.3) is 0 Å². The van der Waals surface area contributed by atoms with E-state index in [1.807, 2.05) is 38.1 Å². The zero-order valence-corrected chi connectivity index (χ0v) is 18.4. The molecule has 8 heteroatoms. The number of hydrogen-bond acceptors (Lipinski definition) is 5. The van der Waals surface area contributed by atoms with E-state index in [4.69, 9.17) is 26.4 Å². The van der Waals surface area contributed by atoms with Crippen LogP contribution >= 0.6 is 12.2 Å². The summed E-state index contributed by atoms with van der Waals surface area (Å²) in [6.07, 6.45) is 0. The monoisotopic (exact) mass is 427 g/mol. The van der Waals surface area contributed by atoms with Crippen LogP contribution < -0.4 is 30.2 Å². The number of anilines is 1. The molecule has 0 radical (unpaired) electrons. The number of thiocarbonyl (C=S) groups is 1. The third-order valence-corrected chi connectivity index (χ3v) is 5.17. The quantitative estimate of drug-likeness (QED) is 0.609. The normalized spacial score (nSPS) is 15.8. The molecule has 7 nitrogen and oxygen atoms in total. The first kappa shape index (κ1) is 21.4. The van der Waals surface area contributed by atoms with Crippen molar-refractivity contribution < 1.29 is 19.0 Å². The van der Waals surface area contributed by atoms with Gasteiger partial charge in [-0.2, -0.15) is 0 Å². The maximum absolute atomic E-state index is 13.3. The average Bonchev–Trinajstić information content (AvgIpc) is 2.73. The number of para-hydroxylation sites is 1. The molecule has 1 aliphatic rings. The number of benzene rings is 2. The Bertz CT molecular complexity index is 1020. The molecule has 0 saturated carbocycles. The van der Waals surface area contributed by atoms with Gasteiger partial charge in [0.2, 0.25) is 0 Å². The molecule has 1 amide bonds. The minimum absolute atomic E-state index is 0.244. The Hall–Kier alpha value is -3.26. The zero-order chi connectivity index (χ0) is 21.8. The van der Waals surface area contributed by atoms with E-state index in [-0.39, 0.29) is 5.91 Å². The van der Waals surface area contributed by atoms with Crippen LogP contribution in [0.5, 0.6) is 17.2 Å². The van der Waals surface area contributed by atoms with Gasteiger partial charge in [0.05, 0.1) is 32.9 Å².